The molecule has 6 nitrogen and oxygen atoms in total. The van der Waals surface area contributed by atoms with Crippen molar-refractivity contribution in [3.05, 3.63) is 77.2 Å². The molecule has 1 aliphatic rings. The smallest absolute Gasteiger partial charge is 0.251 e. The average Bonchev–Trinajstić information content (AvgIpc) is 3.62. The van der Waals surface area contributed by atoms with Gasteiger partial charge in [0.1, 0.15) is 0 Å². The Kier molecular flexibility index (Phi) is 5.77. The monoisotopic (exact) mass is 403 g/mol. The van der Waals surface area contributed by atoms with Crippen LogP contribution in [-0.4, -0.2) is 28.1 Å². The maximum Gasteiger partial charge on any atom is 0.251 e. The van der Waals surface area contributed by atoms with Crippen molar-refractivity contribution in [2.45, 2.75) is 32.4 Å². The van der Waals surface area contributed by atoms with Gasteiger partial charge in [-0.25, -0.2) is 4.98 Å². The van der Waals surface area contributed by atoms with Gasteiger partial charge in [-0.15, -0.1) is 0 Å². The van der Waals surface area contributed by atoms with E-state index in [4.69, 9.17) is 4.74 Å². The van der Waals surface area contributed by atoms with Crippen molar-refractivity contribution in [1.29, 1.82) is 0 Å². The van der Waals surface area contributed by atoms with Crippen molar-refractivity contribution < 1.29 is 14.6 Å². The molecule has 1 aliphatic carbocycles. The number of nitrogens with zero attached hydrogens (tertiary/aromatic N) is 2. The summed E-state index contributed by atoms with van der Waals surface area (Å²) in [6, 6.07) is 13.0. The Balaban J connectivity index is 1.64. The fourth-order valence-electron chi connectivity index (χ4n) is 3.60. The summed E-state index contributed by atoms with van der Waals surface area (Å²) in [5.41, 5.74) is 4.88. The Morgan fingerprint density at radius 1 is 1.13 bits per heavy atom. The van der Waals surface area contributed by atoms with Crippen LogP contribution in [-0.2, 0) is 6.61 Å². The van der Waals surface area contributed by atoms with Crippen LogP contribution in [0.2, 0.25) is 0 Å². The molecule has 0 spiro atoms. The van der Waals surface area contributed by atoms with E-state index in [1.165, 1.54) is 0 Å². The summed E-state index contributed by atoms with van der Waals surface area (Å²) < 4.78 is 5.21. The summed E-state index contributed by atoms with van der Waals surface area (Å²) in [7, 11) is 1.56. The zero-order valence-corrected chi connectivity index (χ0v) is 17.1. The molecular weight excluding hydrogens is 378 g/mol. The number of amides is 1. The van der Waals surface area contributed by atoms with Gasteiger partial charge in [-0.1, -0.05) is 0 Å². The summed E-state index contributed by atoms with van der Waals surface area (Å²) in [5, 5.41) is 12.9. The maximum absolute atomic E-state index is 13.2. The molecule has 1 atom stereocenters. The summed E-state index contributed by atoms with van der Waals surface area (Å²) in [5.74, 6) is 0.730. The number of ether oxygens (including phenoxy) is 1. The number of nitrogens with one attached hydrogen (secondary N) is 1. The SMILES string of the molecule is COc1cc(-c2cc(CO)cc(C(=O)NC(c3cc(C)ccn3)C3CC3)c2)ccn1. The highest BCUT2D eigenvalue weighted by Crippen LogP contribution is 2.40. The molecule has 1 unspecified atom stereocenters. The molecule has 154 valence electrons. The van der Waals surface area contributed by atoms with Crippen LogP contribution < -0.4 is 10.1 Å². The topological polar surface area (TPSA) is 84.3 Å². The van der Waals surface area contributed by atoms with Crippen molar-refractivity contribution in [2.75, 3.05) is 7.11 Å². The van der Waals surface area contributed by atoms with Crippen LogP contribution >= 0.6 is 0 Å². The molecule has 1 fully saturated rings. The first kappa shape index (κ1) is 20.0. The first-order chi connectivity index (χ1) is 14.6. The molecule has 30 heavy (non-hydrogen) atoms. The van der Waals surface area contributed by atoms with Crippen LogP contribution in [0, 0.1) is 12.8 Å². The van der Waals surface area contributed by atoms with Gasteiger partial charge < -0.3 is 15.2 Å². The molecule has 0 bridgehead atoms. The predicted molar refractivity (Wildman–Crippen MR) is 114 cm³/mol. The number of hydrogen-bond donors (Lipinski definition) is 2. The first-order valence-electron chi connectivity index (χ1n) is 10.1. The normalized spacial score (nSPS) is 14.2. The number of benzene rings is 1. The maximum atomic E-state index is 13.2. The van der Waals surface area contributed by atoms with Crippen LogP contribution in [0.15, 0.2) is 54.9 Å². The molecule has 1 saturated carbocycles. The van der Waals surface area contributed by atoms with Gasteiger partial charge in [0.15, 0.2) is 0 Å². The molecule has 2 aromatic heterocycles. The largest absolute Gasteiger partial charge is 0.481 e. The Bertz CT molecular complexity index is 1060. The second-order valence-electron chi connectivity index (χ2n) is 7.71. The second kappa shape index (κ2) is 8.63. The van der Waals surface area contributed by atoms with Gasteiger partial charge in [0.05, 0.1) is 25.5 Å². The molecule has 2 N–H and O–H groups in total. The third-order valence-corrected chi connectivity index (χ3v) is 5.35. The number of aliphatic hydroxyl groups excluding tert-OH is 1. The minimum Gasteiger partial charge on any atom is -0.481 e. The van der Waals surface area contributed by atoms with Gasteiger partial charge in [0.2, 0.25) is 5.88 Å². The van der Waals surface area contributed by atoms with Crippen molar-refractivity contribution in [3.63, 3.8) is 0 Å². The zero-order chi connectivity index (χ0) is 21.1. The zero-order valence-electron chi connectivity index (χ0n) is 17.1. The number of carbonyl (C=O) groups excluding carboxylic acids is 1. The van der Waals surface area contributed by atoms with Crippen molar-refractivity contribution in [3.8, 4) is 17.0 Å². The van der Waals surface area contributed by atoms with E-state index in [1.54, 1.807) is 25.6 Å². The van der Waals surface area contributed by atoms with Gasteiger partial charge in [0.25, 0.3) is 5.91 Å². The second-order valence-corrected chi connectivity index (χ2v) is 7.71. The summed E-state index contributed by atoms with van der Waals surface area (Å²) in [4.78, 5) is 21.8. The third kappa shape index (κ3) is 4.49. The number of aromatic nitrogens is 2. The van der Waals surface area contributed by atoms with Crippen LogP contribution in [0.4, 0.5) is 0 Å². The number of methoxy groups -OCH3 is 1. The number of pyridine rings is 2. The van der Waals surface area contributed by atoms with E-state index in [1.807, 2.05) is 43.3 Å². The predicted octanol–water partition coefficient (Wildman–Crippen LogP) is 3.83. The highest BCUT2D eigenvalue weighted by atomic mass is 16.5. The van der Waals surface area contributed by atoms with Crippen LogP contribution in [0.5, 0.6) is 5.88 Å². The molecule has 0 saturated heterocycles. The molecule has 4 rings (SSSR count). The van der Waals surface area contributed by atoms with Crippen LogP contribution in [0.25, 0.3) is 11.1 Å². The van der Waals surface area contributed by atoms with Crippen LogP contribution in [0.1, 0.15) is 46.1 Å². The van der Waals surface area contributed by atoms with Gasteiger partial charge in [-0.2, -0.15) is 0 Å². The minimum atomic E-state index is -0.173. The van der Waals surface area contributed by atoms with E-state index in [2.05, 4.69) is 15.3 Å². The lowest BCUT2D eigenvalue weighted by Gasteiger charge is -2.19. The number of aryl methyl sites for hydroxylation is 1. The summed E-state index contributed by atoms with van der Waals surface area (Å²) in [6.45, 7) is 1.87. The highest BCUT2D eigenvalue weighted by molar-refractivity contribution is 5.96. The first-order valence-corrected chi connectivity index (χ1v) is 10.1. The quantitative estimate of drug-likeness (QED) is 0.626. The van der Waals surface area contributed by atoms with E-state index in [-0.39, 0.29) is 18.6 Å². The fraction of sp³-hybridized carbons (Fsp3) is 0.292. The molecule has 1 aromatic carbocycles. The van der Waals surface area contributed by atoms with Gasteiger partial charge in [-0.05, 0) is 84.3 Å². The Labute approximate surface area is 176 Å². The van der Waals surface area contributed by atoms with Crippen molar-refractivity contribution >= 4 is 5.91 Å². The standard InChI is InChI=1S/C24H25N3O3/c1-15-5-7-25-21(9-15)23(17-3-4-17)27-24(29)20-11-16(14-28)10-19(12-20)18-6-8-26-22(13-18)30-2/h5-13,17,23,28H,3-4,14H2,1-2H3,(H,27,29). The molecular formula is C24H25N3O3. The van der Waals surface area contributed by atoms with Crippen molar-refractivity contribution in [2.24, 2.45) is 5.92 Å². The van der Waals surface area contributed by atoms with E-state index >= 15 is 0 Å². The fourth-order valence-corrected chi connectivity index (χ4v) is 3.60. The van der Waals surface area contributed by atoms with Gasteiger partial charge >= 0.3 is 0 Å². The van der Waals surface area contributed by atoms with Gasteiger partial charge in [-0.3, -0.25) is 9.78 Å². The Hall–Kier alpha value is -3.25. The number of rotatable bonds is 7. The van der Waals surface area contributed by atoms with Crippen LogP contribution in [0.3, 0.4) is 0 Å². The lowest BCUT2D eigenvalue weighted by Crippen LogP contribution is -2.30. The third-order valence-electron chi connectivity index (χ3n) is 5.35. The van der Waals surface area contributed by atoms with E-state index in [0.29, 0.717) is 22.9 Å². The Morgan fingerprint density at radius 2 is 1.93 bits per heavy atom. The Morgan fingerprint density at radius 3 is 2.63 bits per heavy atom. The van der Waals surface area contributed by atoms with Crippen molar-refractivity contribution in [1.82, 2.24) is 15.3 Å². The molecule has 3 aromatic rings. The summed E-state index contributed by atoms with van der Waals surface area (Å²) >= 11 is 0. The minimum absolute atomic E-state index is 0.111. The average molecular weight is 403 g/mol. The van der Waals surface area contributed by atoms with E-state index < -0.39 is 0 Å². The molecule has 6 heteroatoms. The lowest BCUT2D eigenvalue weighted by molar-refractivity contribution is 0.0930. The van der Waals surface area contributed by atoms with E-state index in [9.17, 15) is 9.90 Å². The highest BCUT2D eigenvalue weighted by Gasteiger charge is 2.34. The van der Waals surface area contributed by atoms with Gasteiger partial charge in [0, 0.05) is 24.0 Å². The summed E-state index contributed by atoms with van der Waals surface area (Å²) in [6.07, 6.45) is 5.61. The molecule has 2 heterocycles. The number of carbonyl (C=O) groups is 1. The molecule has 0 radical (unpaired) electrons. The molecule has 0 aliphatic heterocycles. The van der Waals surface area contributed by atoms with E-state index in [0.717, 1.165) is 35.2 Å². The molecule has 1 amide bonds. The number of aliphatic hydroxyl groups is 1. The lowest BCUT2D eigenvalue weighted by atomic mass is 9.99. The number of hydrogen-bond acceptors (Lipinski definition) is 5.